The molecular weight excluding hydrogens is 382 g/mol. The third-order valence-electron chi connectivity index (χ3n) is 5.60. The van der Waals surface area contributed by atoms with Crippen molar-refractivity contribution in [3.8, 4) is 21.8 Å². The predicted molar refractivity (Wildman–Crippen MR) is 117 cm³/mol. The Bertz CT molecular complexity index is 1050. The molecule has 6 nitrogen and oxygen atoms in total. The van der Waals surface area contributed by atoms with Gasteiger partial charge in [-0.15, -0.1) is 0 Å². The summed E-state index contributed by atoms with van der Waals surface area (Å²) in [4.78, 5) is 22.0. The molecule has 1 aliphatic carbocycles. The third kappa shape index (κ3) is 3.48. The lowest BCUT2D eigenvalue weighted by Gasteiger charge is -2.21. The number of thiazole rings is 1. The maximum absolute atomic E-state index is 11.5. The van der Waals surface area contributed by atoms with E-state index < -0.39 is 0 Å². The van der Waals surface area contributed by atoms with Crippen LogP contribution in [0.4, 0.5) is 5.13 Å². The molecule has 1 amide bonds. The molecule has 3 aromatic heterocycles. The Balaban J connectivity index is 1.91. The van der Waals surface area contributed by atoms with Crippen molar-refractivity contribution in [1.82, 2.24) is 19.7 Å². The molecule has 0 saturated heterocycles. The van der Waals surface area contributed by atoms with Crippen LogP contribution in [-0.2, 0) is 17.6 Å². The lowest BCUT2D eigenvalue weighted by atomic mass is 9.86. The van der Waals surface area contributed by atoms with E-state index in [1.54, 1.807) is 11.3 Å². The van der Waals surface area contributed by atoms with Crippen molar-refractivity contribution in [3.63, 3.8) is 0 Å². The maximum Gasteiger partial charge on any atom is 0.223 e. The summed E-state index contributed by atoms with van der Waals surface area (Å²) in [5, 5.41) is 8.59. The molecule has 7 heteroatoms. The molecule has 1 N–H and O–H groups in total. The van der Waals surface area contributed by atoms with Gasteiger partial charge in [-0.3, -0.25) is 14.5 Å². The Kier molecular flexibility index (Phi) is 5.25. The first-order chi connectivity index (χ1) is 13.9. The van der Waals surface area contributed by atoms with Gasteiger partial charge in [-0.2, -0.15) is 5.10 Å². The Morgan fingerprint density at radius 3 is 2.79 bits per heavy atom. The molecule has 0 aliphatic heterocycles. The number of aryl methyl sites for hydroxylation is 1. The normalized spacial score (nSPS) is 16.2. The Morgan fingerprint density at radius 1 is 1.38 bits per heavy atom. The fourth-order valence-electron chi connectivity index (χ4n) is 3.89. The molecule has 2 unspecified atom stereocenters. The van der Waals surface area contributed by atoms with Crippen LogP contribution < -0.4 is 5.32 Å². The number of nitrogens with one attached hydrogen (secondary N) is 1. The lowest BCUT2D eigenvalue weighted by molar-refractivity contribution is -0.114. The zero-order valence-corrected chi connectivity index (χ0v) is 18.4. The second-order valence-corrected chi connectivity index (χ2v) is 8.78. The summed E-state index contributed by atoms with van der Waals surface area (Å²) in [5.41, 5.74) is 6.63. The number of hydrogen-bond donors (Lipinski definition) is 1. The highest BCUT2D eigenvalue weighted by atomic mass is 32.1. The van der Waals surface area contributed by atoms with Crippen molar-refractivity contribution >= 4 is 22.4 Å². The van der Waals surface area contributed by atoms with Crippen molar-refractivity contribution < 1.29 is 4.79 Å². The molecule has 29 heavy (non-hydrogen) atoms. The van der Waals surface area contributed by atoms with E-state index in [0.717, 1.165) is 52.5 Å². The zero-order chi connectivity index (χ0) is 20.7. The second-order valence-electron chi connectivity index (χ2n) is 7.79. The zero-order valence-electron chi connectivity index (χ0n) is 17.6. The van der Waals surface area contributed by atoms with E-state index in [1.807, 2.05) is 6.20 Å². The van der Waals surface area contributed by atoms with Crippen LogP contribution in [0.2, 0.25) is 0 Å². The van der Waals surface area contributed by atoms with E-state index in [0.29, 0.717) is 11.0 Å². The Morgan fingerprint density at radius 2 is 2.17 bits per heavy atom. The van der Waals surface area contributed by atoms with Crippen LogP contribution in [0.15, 0.2) is 18.3 Å². The van der Waals surface area contributed by atoms with Crippen LogP contribution in [0.25, 0.3) is 21.8 Å². The Hall–Kier alpha value is -2.54. The maximum atomic E-state index is 11.5. The predicted octanol–water partition coefficient (Wildman–Crippen LogP) is 5.22. The van der Waals surface area contributed by atoms with Crippen molar-refractivity contribution in [3.05, 3.63) is 35.3 Å². The number of rotatable bonds is 5. The molecule has 2 atom stereocenters. The first kappa shape index (κ1) is 19.8. The van der Waals surface area contributed by atoms with Crippen LogP contribution in [0.5, 0.6) is 0 Å². The van der Waals surface area contributed by atoms with Gasteiger partial charge in [-0.25, -0.2) is 4.98 Å². The second kappa shape index (κ2) is 7.71. The number of fused-ring (bicyclic) bond motifs is 3. The monoisotopic (exact) mass is 409 g/mol. The fourth-order valence-corrected chi connectivity index (χ4v) is 4.98. The van der Waals surface area contributed by atoms with Gasteiger partial charge in [-0.05, 0) is 44.2 Å². The average Bonchev–Trinajstić information content (AvgIpc) is 3.28. The number of carbonyl (C=O) groups is 1. The molecule has 3 aromatic rings. The van der Waals surface area contributed by atoms with E-state index >= 15 is 0 Å². The Labute approximate surface area is 175 Å². The molecule has 0 saturated carbocycles. The van der Waals surface area contributed by atoms with Gasteiger partial charge in [0.1, 0.15) is 0 Å². The van der Waals surface area contributed by atoms with Gasteiger partial charge in [-0.1, -0.05) is 32.1 Å². The summed E-state index contributed by atoms with van der Waals surface area (Å²) in [7, 11) is 0. The van der Waals surface area contributed by atoms with Crippen LogP contribution in [0.3, 0.4) is 0 Å². The van der Waals surface area contributed by atoms with Gasteiger partial charge in [0, 0.05) is 36.0 Å². The number of carbonyl (C=O) groups excluding carboxylic acids is 1. The molecule has 3 heterocycles. The highest BCUT2D eigenvalue weighted by molar-refractivity contribution is 7.19. The van der Waals surface area contributed by atoms with Gasteiger partial charge >= 0.3 is 0 Å². The summed E-state index contributed by atoms with van der Waals surface area (Å²) >= 11 is 1.55. The number of aromatic nitrogens is 4. The molecule has 0 aromatic carbocycles. The van der Waals surface area contributed by atoms with Crippen LogP contribution in [0.1, 0.15) is 70.0 Å². The van der Waals surface area contributed by atoms with Gasteiger partial charge in [0.05, 0.1) is 22.0 Å². The molecular formula is C22H27N5OS. The largest absolute Gasteiger partial charge is 0.302 e. The van der Waals surface area contributed by atoms with Gasteiger partial charge in [0.15, 0.2) is 5.13 Å². The van der Waals surface area contributed by atoms with Crippen molar-refractivity contribution in [2.75, 3.05) is 5.32 Å². The summed E-state index contributed by atoms with van der Waals surface area (Å²) in [5.74, 6) is 0.200. The van der Waals surface area contributed by atoms with Crippen LogP contribution in [0, 0.1) is 0 Å². The first-order valence-electron chi connectivity index (χ1n) is 10.3. The lowest BCUT2D eigenvalue weighted by Crippen LogP contribution is -2.12. The summed E-state index contributed by atoms with van der Waals surface area (Å²) in [6.07, 6.45) is 4.70. The average molecular weight is 410 g/mol. The number of amides is 1. The summed E-state index contributed by atoms with van der Waals surface area (Å²) < 4.78 is 2.16. The van der Waals surface area contributed by atoms with E-state index in [-0.39, 0.29) is 11.9 Å². The van der Waals surface area contributed by atoms with Gasteiger partial charge < -0.3 is 5.32 Å². The molecule has 0 radical (unpaired) electrons. The number of anilines is 1. The number of hydrogen-bond acceptors (Lipinski definition) is 5. The first-order valence-corrected chi connectivity index (χ1v) is 11.1. The van der Waals surface area contributed by atoms with Crippen molar-refractivity contribution in [2.45, 2.75) is 65.8 Å². The molecule has 1 aliphatic rings. The highest BCUT2D eigenvalue weighted by Gasteiger charge is 2.34. The smallest absolute Gasteiger partial charge is 0.223 e. The SMILES string of the molecule is CCc1ccc(-c2nn(C(C)CC)c3c2C(C)Cc2nc(NC(C)=O)sc2-3)cn1. The van der Waals surface area contributed by atoms with Gasteiger partial charge in [0.2, 0.25) is 5.91 Å². The number of pyridine rings is 1. The topological polar surface area (TPSA) is 72.7 Å². The standard InChI is InChI=1S/C22H27N5OS/c1-6-13(4)27-20-18(19(26-27)15-8-9-16(7-2)23-11-15)12(3)10-17-21(20)29-22(25-17)24-14(5)28/h8-9,11-13H,6-7,10H2,1-5H3,(H,24,25,28). The molecule has 0 bridgehead atoms. The van der Waals surface area contributed by atoms with Gasteiger partial charge in [0.25, 0.3) is 0 Å². The van der Waals surface area contributed by atoms with E-state index in [2.05, 4.69) is 54.8 Å². The summed E-state index contributed by atoms with van der Waals surface area (Å²) in [6.45, 7) is 10.2. The number of nitrogens with zero attached hydrogens (tertiary/aromatic N) is 4. The van der Waals surface area contributed by atoms with E-state index in [9.17, 15) is 4.79 Å². The highest BCUT2D eigenvalue weighted by Crippen LogP contribution is 2.48. The molecule has 152 valence electrons. The quantitative estimate of drug-likeness (QED) is 0.627. The molecule has 0 fully saturated rings. The minimum Gasteiger partial charge on any atom is -0.302 e. The van der Waals surface area contributed by atoms with Crippen molar-refractivity contribution in [1.29, 1.82) is 0 Å². The molecule has 4 rings (SSSR count). The summed E-state index contributed by atoms with van der Waals surface area (Å²) in [6, 6.07) is 4.49. The fraction of sp³-hybridized carbons (Fsp3) is 0.455. The van der Waals surface area contributed by atoms with E-state index in [1.165, 1.54) is 12.5 Å². The minimum atomic E-state index is -0.0948. The van der Waals surface area contributed by atoms with Crippen molar-refractivity contribution in [2.24, 2.45) is 0 Å². The third-order valence-corrected chi connectivity index (χ3v) is 6.62. The van der Waals surface area contributed by atoms with Crippen LogP contribution in [-0.4, -0.2) is 25.7 Å². The molecule has 0 spiro atoms. The minimum absolute atomic E-state index is 0.0948. The van der Waals surface area contributed by atoms with E-state index in [4.69, 9.17) is 10.1 Å². The van der Waals surface area contributed by atoms with Crippen LogP contribution >= 0.6 is 11.3 Å².